The Labute approximate surface area is 69.9 Å². The van der Waals surface area contributed by atoms with E-state index >= 15 is 0 Å². The minimum atomic E-state index is -0.0359. The first-order valence-corrected chi connectivity index (χ1v) is 4.55. The van der Waals surface area contributed by atoms with Gasteiger partial charge in [-0.2, -0.15) is 0 Å². The molecule has 0 bridgehead atoms. The molecule has 0 amide bonds. The summed E-state index contributed by atoms with van der Waals surface area (Å²) in [5.74, 6) is -0.0359. The van der Waals surface area contributed by atoms with Crippen LogP contribution in [0.1, 0.15) is 47.0 Å². The summed E-state index contributed by atoms with van der Waals surface area (Å²) < 4.78 is 4.64. The summed E-state index contributed by atoms with van der Waals surface area (Å²) in [6, 6.07) is 0. The van der Waals surface area contributed by atoms with Crippen LogP contribution in [-0.2, 0) is 9.53 Å². The summed E-state index contributed by atoms with van der Waals surface area (Å²) >= 11 is 0. The van der Waals surface area contributed by atoms with E-state index in [1.54, 1.807) is 0 Å². The third kappa shape index (κ3) is 9.47. The van der Waals surface area contributed by atoms with Crippen LogP contribution in [0.25, 0.3) is 0 Å². The summed E-state index contributed by atoms with van der Waals surface area (Å²) in [5, 5.41) is 0. The minimum Gasteiger partial charge on any atom is -0.466 e. The molecule has 0 aromatic rings. The lowest BCUT2D eigenvalue weighted by molar-refractivity contribution is -0.146. The molecule has 1 aliphatic rings. The van der Waals surface area contributed by atoms with Crippen LogP contribution in [-0.4, -0.2) is 12.6 Å². The Morgan fingerprint density at radius 2 is 1.64 bits per heavy atom. The Morgan fingerprint density at radius 1 is 1.09 bits per heavy atom. The normalized spacial score (nSPS) is 14.7. The van der Waals surface area contributed by atoms with Gasteiger partial charge in [-0.05, 0) is 12.8 Å². The molecule has 0 aromatic carbocycles. The topological polar surface area (TPSA) is 26.3 Å². The van der Waals surface area contributed by atoms with Gasteiger partial charge in [0.05, 0.1) is 6.61 Å². The van der Waals surface area contributed by atoms with Crippen LogP contribution in [0.15, 0.2) is 0 Å². The maximum Gasteiger partial charge on any atom is 0.305 e. The van der Waals surface area contributed by atoms with Crippen molar-refractivity contribution >= 4 is 5.97 Å². The lowest BCUT2D eigenvalue weighted by Gasteiger charge is -2.08. The molecule has 0 N–H and O–H groups in total. The molecular weight excluding hydrogens is 140 g/mol. The Kier molecular flexibility index (Phi) is 14.5. The highest BCUT2D eigenvalue weighted by Crippen LogP contribution is 2.04. The zero-order valence-corrected chi connectivity index (χ0v) is 8.14. The standard InChI is InChI=1S/C5H8O2.2C2H6/c6-5-3-1-2-4-7-5;2*1-2/h1-4H2;2*1-2H3. The molecule has 1 saturated heterocycles. The number of hydrogen-bond donors (Lipinski definition) is 0. The molecule has 0 aliphatic carbocycles. The van der Waals surface area contributed by atoms with E-state index in [0.29, 0.717) is 13.0 Å². The first-order chi connectivity index (χ1) is 5.39. The fourth-order valence-corrected chi connectivity index (χ4v) is 0.630. The van der Waals surface area contributed by atoms with E-state index in [1.165, 1.54) is 0 Å². The number of hydrogen-bond acceptors (Lipinski definition) is 2. The molecule has 0 atom stereocenters. The van der Waals surface area contributed by atoms with Gasteiger partial charge in [-0.3, -0.25) is 4.79 Å². The van der Waals surface area contributed by atoms with Crippen LogP contribution >= 0.6 is 0 Å². The molecule has 0 aromatic heterocycles. The van der Waals surface area contributed by atoms with Gasteiger partial charge in [-0.25, -0.2) is 0 Å². The molecule has 1 heterocycles. The fourth-order valence-electron chi connectivity index (χ4n) is 0.630. The highest BCUT2D eigenvalue weighted by Gasteiger charge is 2.06. The summed E-state index contributed by atoms with van der Waals surface area (Å²) in [6.45, 7) is 8.64. The molecule has 0 radical (unpaired) electrons. The first-order valence-electron chi connectivity index (χ1n) is 4.55. The van der Waals surface area contributed by atoms with Crippen LogP contribution < -0.4 is 0 Å². The Hall–Kier alpha value is -0.530. The van der Waals surface area contributed by atoms with Gasteiger partial charge in [0, 0.05) is 6.42 Å². The van der Waals surface area contributed by atoms with Gasteiger partial charge in [-0.15, -0.1) is 0 Å². The molecule has 68 valence electrons. The van der Waals surface area contributed by atoms with E-state index in [0.717, 1.165) is 12.8 Å². The molecular formula is C9H20O2. The fraction of sp³-hybridized carbons (Fsp3) is 0.889. The highest BCUT2D eigenvalue weighted by atomic mass is 16.5. The van der Waals surface area contributed by atoms with Gasteiger partial charge >= 0.3 is 5.97 Å². The third-order valence-electron chi connectivity index (χ3n) is 1.04. The van der Waals surface area contributed by atoms with E-state index in [1.807, 2.05) is 27.7 Å². The van der Waals surface area contributed by atoms with Crippen LogP contribution in [0.5, 0.6) is 0 Å². The van der Waals surface area contributed by atoms with Crippen molar-refractivity contribution in [3.8, 4) is 0 Å². The van der Waals surface area contributed by atoms with Crippen molar-refractivity contribution in [2.75, 3.05) is 6.61 Å². The van der Waals surface area contributed by atoms with Gasteiger partial charge < -0.3 is 4.74 Å². The van der Waals surface area contributed by atoms with E-state index in [9.17, 15) is 4.79 Å². The molecule has 0 saturated carbocycles. The second-order valence-corrected chi connectivity index (χ2v) is 1.68. The predicted octanol–water partition coefficient (Wildman–Crippen LogP) is 2.77. The second kappa shape index (κ2) is 12.2. The van der Waals surface area contributed by atoms with Crippen LogP contribution in [0.2, 0.25) is 0 Å². The van der Waals surface area contributed by atoms with Crippen LogP contribution in [0.3, 0.4) is 0 Å². The van der Waals surface area contributed by atoms with Gasteiger partial charge in [0.25, 0.3) is 0 Å². The van der Waals surface area contributed by atoms with Crippen LogP contribution in [0, 0.1) is 0 Å². The quantitative estimate of drug-likeness (QED) is 0.509. The van der Waals surface area contributed by atoms with Crippen molar-refractivity contribution in [3.05, 3.63) is 0 Å². The average molecular weight is 160 g/mol. The van der Waals surface area contributed by atoms with Crippen LogP contribution in [0.4, 0.5) is 0 Å². The van der Waals surface area contributed by atoms with E-state index in [-0.39, 0.29) is 5.97 Å². The molecule has 0 unspecified atom stereocenters. The molecule has 0 spiro atoms. The van der Waals surface area contributed by atoms with Gasteiger partial charge in [0.1, 0.15) is 0 Å². The number of ether oxygens (including phenoxy) is 1. The van der Waals surface area contributed by atoms with Crippen molar-refractivity contribution in [2.45, 2.75) is 47.0 Å². The lowest BCUT2D eigenvalue weighted by atomic mass is 10.2. The Balaban J connectivity index is 0. The highest BCUT2D eigenvalue weighted by molar-refractivity contribution is 5.69. The Morgan fingerprint density at radius 3 is 1.82 bits per heavy atom. The van der Waals surface area contributed by atoms with Crippen molar-refractivity contribution in [1.29, 1.82) is 0 Å². The minimum absolute atomic E-state index is 0.0359. The number of esters is 1. The van der Waals surface area contributed by atoms with E-state index in [2.05, 4.69) is 4.74 Å². The smallest absolute Gasteiger partial charge is 0.305 e. The number of carbonyl (C=O) groups excluding carboxylic acids is 1. The molecule has 1 aliphatic heterocycles. The van der Waals surface area contributed by atoms with Crippen molar-refractivity contribution in [2.24, 2.45) is 0 Å². The van der Waals surface area contributed by atoms with Crippen molar-refractivity contribution in [1.82, 2.24) is 0 Å². The number of cyclic esters (lactones) is 1. The lowest BCUT2D eigenvalue weighted by Crippen LogP contribution is -2.10. The first kappa shape index (κ1) is 13.1. The van der Waals surface area contributed by atoms with Gasteiger partial charge in [0.2, 0.25) is 0 Å². The molecule has 1 rings (SSSR count). The van der Waals surface area contributed by atoms with Crippen molar-refractivity contribution < 1.29 is 9.53 Å². The largest absolute Gasteiger partial charge is 0.466 e. The van der Waals surface area contributed by atoms with E-state index < -0.39 is 0 Å². The zero-order chi connectivity index (χ0) is 9.11. The Bertz CT molecular complexity index is 71.6. The monoisotopic (exact) mass is 160 g/mol. The summed E-state index contributed by atoms with van der Waals surface area (Å²) in [6.07, 6.45) is 2.69. The third-order valence-corrected chi connectivity index (χ3v) is 1.04. The number of carbonyl (C=O) groups is 1. The molecule has 11 heavy (non-hydrogen) atoms. The van der Waals surface area contributed by atoms with Gasteiger partial charge in [0.15, 0.2) is 0 Å². The van der Waals surface area contributed by atoms with Gasteiger partial charge in [-0.1, -0.05) is 27.7 Å². The molecule has 2 heteroatoms. The SMILES string of the molecule is CC.CC.O=C1CCCCO1. The molecule has 1 fully saturated rings. The summed E-state index contributed by atoms with van der Waals surface area (Å²) in [5.41, 5.74) is 0. The zero-order valence-electron chi connectivity index (χ0n) is 8.14. The second-order valence-electron chi connectivity index (χ2n) is 1.68. The van der Waals surface area contributed by atoms with Crippen molar-refractivity contribution in [3.63, 3.8) is 0 Å². The maximum atomic E-state index is 10.2. The maximum absolute atomic E-state index is 10.2. The number of rotatable bonds is 0. The predicted molar refractivity (Wildman–Crippen MR) is 47.5 cm³/mol. The summed E-state index contributed by atoms with van der Waals surface area (Å²) in [4.78, 5) is 10.2. The average Bonchev–Trinajstić information content (AvgIpc) is 2.13. The van der Waals surface area contributed by atoms with E-state index in [4.69, 9.17) is 0 Å². The summed E-state index contributed by atoms with van der Waals surface area (Å²) in [7, 11) is 0. The molecule has 2 nitrogen and oxygen atoms in total.